The van der Waals surface area contributed by atoms with Gasteiger partial charge in [0.25, 0.3) is 5.91 Å². The average Bonchev–Trinajstić information content (AvgIpc) is 3.26. The predicted octanol–water partition coefficient (Wildman–Crippen LogP) is 4.82. The highest BCUT2D eigenvalue weighted by atomic mass is 32.2. The number of nitrogens with zero attached hydrogens (tertiary/aromatic N) is 2. The van der Waals surface area contributed by atoms with Crippen LogP contribution in [0.4, 0.5) is 20.3 Å². The summed E-state index contributed by atoms with van der Waals surface area (Å²) in [4.78, 5) is 43.0. The van der Waals surface area contributed by atoms with Gasteiger partial charge in [-0.25, -0.2) is 9.36 Å². The number of aliphatic hydroxyl groups excluding tert-OH is 1. The monoisotopic (exact) mass is 737 g/mol. The number of amides is 1. The quantitative estimate of drug-likeness (QED) is 0.147. The Kier molecular flexibility index (Phi) is 11.1. The summed E-state index contributed by atoms with van der Waals surface area (Å²) >= 11 is 1.66. The molecule has 5 atom stereocenters. The zero-order valence-corrected chi connectivity index (χ0v) is 29.5. The smallest absolute Gasteiger partial charge is 0.459 e. The molecule has 2 unspecified atom stereocenters. The molecule has 3 aromatic rings. The molecule has 3 heterocycles. The number of rotatable bonds is 12. The molecule has 2 aliphatic rings. The Hall–Kier alpha value is -3.86. The van der Waals surface area contributed by atoms with Crippen molar-refractivity contribution in [3.8, 4) is 5.75 Å². The Bertz CT molecular complexity index is 1830. The van der Waals surface area contributed by atoms with Crippen LogP contribution in [0.3, 0.4) is 0 Å². The molecule has 0 radical (unpaired) electrons. The summed E-state index contributed by atoms with van der Waals surface area (Å²) in [5.41, 5.74) is -0.326. The van der Waals surface area contributed by atoms with Gasteiger partial charge in [0.2, 0.25) is 6.23 Å². The van der Waals surface area contributed by atoms with Crippen molar-refractivity contribution in [2.45, 2.75) is 81.6 Å². The number of ether oxygens (including phenoxy) is 2. The molecule has 2 aromatic carbocycles. The van der Waals surface area contributed by atoms with Crippen LogP contribution < -0.4 is 25.9 Å². The fourth-order valence-electron chi connectivity index (χ4n) is 5.01. The molecule has 0 spiro atoms. The lowest BCUT2D eigenvalue weighted by atomic mass is 10.1. The minimum absolute atomic E-state index is 0.0694. The van der Waals surface area contributed by atoms with Crippen LogP contribution in [-0.2, 0) is 23.4 Å². The van der Waals surface area contributed by atoms with Crippen LogP contribution in [0.1, 0.15) is 51.2 Å². The number of aliphatic hydroxyl groups is 1. The maximum Gasteiger partial charge on any atom is 0.459 e. The molecule has 2 aliphatic heterocycles. The Labute approximate surface area is 290 Å². The molecule has 1 saturated heterocycles. The van der Waals surface area contributed by atoms with Gasteiger partial charge in [-0.3, -0.25) is 18.7 Å². The molecular weight excluding hydrogens is 699 g/mol. The second kappa shape index (κ2) is 14.8. The van der Waals surface area contributed by atoms with Crippen LogP contribution in [-0.4, -0.2) is 74.7 Å². The van der Waals surface area contributed by atoms with Crippen LogP contribution in [0.2, 0.25) is 0 Å². The third kappa shape index (κ3) is 8.71. The number of fused-ring (bicyclic) bond motifs is 1. The van der Waals surface area contributed by atoms with E-state index in [1.54, 1.807) is 62.0 Å². The van der Waals surface area contributed by atoms with E-state index in [0.29, 0.717) is 4.57 Å². The van der Waals surface area contributed by atoms with Crippen molar-refractivity contribution in [3.63, 3.8) is 0 Å². The number of halogens is 2. The molecule has 270 valence electrons. The zero-order valence-electron chi connectivity index (χ0n) is 27.8. The van der Waals surface area contributed by atoms with Crippen LogP contribution >= 0.6 is 19.5 Å². The number of carbonyl (C=O) groups excluding carboxylic acids is 2. The summed E-state index contributed by atoms with van der Waals surface area (Å²) < 4.78 is 66.4. The Morgan fingerprint density at radius 3 is 2.58 bits per heavy atom. The minimum atomic E-state index is -4.49. The van der Waals surface area contributed by atoms with Crippen LogP contribution in [0.25, 0.3) is 0 Å². The number of hydrogen-bond acceptors (Lipinski definition) is 12. The van der Waals surface area contributed by atoms with Gasteiger partial charge in [0.1, 0.15) is 23.7 Å². The van der Waals surface area contributed by atoms with Gasteiger partial charge in [0.15, 0.2) is 6.10 Å². The number of benzene rings is 2. The Balaban J connectivity index is 1.28. The first-order valence-electron chi connectivity index (χ1n) is 15.6. The molecule has 50 heavy (non-hydrogen) atoms. The van der Waals surface area contributed by atoms with Crippen molar-refractivity contribution in [2.24, 2.45) is 0 Å². The third-order valence-electron chi connectivity index (χ3n) is 7.44. The normalized spacial score (nSPS) is 22.5. The Morgan fingerprint density at radius 1 is 1.18 bits per heavy atom. The minimum Gasteiger partial charge on any atom is -0.462 e. The highest BCUT2D eigenvalue weighted by Gasteiger charge is 2.60. The van der Waals surface area contributed by atoms with Crippen LogP contribution in [0.5, 0.6) is 5.75 Å². The maximum atomic E-state index is 15.4. The molecular formula is C32H38F2N5O9PS. The van der Waals surface area contributed by atoms with E-state index in [9.17, 15) is 24.1 Å². The summed E-state index contributed by atoms with van der Waals surface area (Å²) in [6.07, 6.45) is -6.21. The van der Waals surface area contributed by atoms with Crippen LogP contribution in [0.15, 0.2) is 70.5 Å². The number of thioether (sulfide) groups is 1. The molecule has 4 N–H and O–H groups in total. The van der Waals surface area contributed by atoms with E-state index >= 15 is 8.78 Å². The average molecular weight is 738 g/mol. The predicted molar refractivity (Wildman–Crippen MR) is 181 cm³/mol. The number of hydrogen-bond donors (Lipinski definition) is 4. The van der Waals surface area contributed by atoms with Gasteiger partial charge in [-0.15, -0.1) is 11.8 Å². The highest BCUT2D eigenvalue weighted by Crippen LogP contribution is 2.48. The van der Waals surface area contributed by atoms with Crippen molar-refractivity contribution >= 4 is 42.9 Å². The molecule has 1 aromatic heterocycles. The summed E-state index contributed by atoms with van der Waals surface area (Å²) in [7, 11) is -4.49. The first kappa shape index (κ1) is 37.4. The van der Waals surface area contributed by atoms with Gasteiger partial charge in [0, 0.05) is 33.6 Å². The largest absolute Gasteiger partial charge is 0.462 e. The van der Waals surface area contributed by atoms with E-state index in [2.05, 4.69) is 20.7 Å². The summed E-state index contributed by atoms with van der Waals surface area (Å²) in [6.45, 7) is 7.74. The molecule has 14 nitrogen and oxygen atoms in total. The first-order valence-corrected chi connectivity index (χ1v) is 18.1. The molecule has 5 rings (SSSR count). The number of carbonyl (C=O) groups is 2. The van der Waals surface area contributed by atoms with E-state index in [-0.39, 0.29) is 22.7 Å². The lowest BCUT2D eigenvalue weighted by Gasteiger charge is -2.33. The van der Waals surface area contributed by atoms with Gasteiger partial charge in [-0.05, 0) is 71.0 Å². The van der Waals surface area contributed by atoms with E-state index in [1.165, 1.54) is 19.1 Å². The maximum absolute atomic E-state index is 15.4. The van der Waals surface area contributed by atoms with Crippen LogP contribution in [0, 0.1) is 0 Å². The van der Waals surface area contributed by atoms with E-state index in [1.807, 2.05) is 13.8 Å². The lowest BCUT2D eigenvalue weighted by molar-refractivity contribution is -0.149. The first-order chi connectivity index (χ1) is 23.5. The summed E-state index contributed by atoms with van der Waals surface area (Å²) in [5, 5.41) is 18.8. The molecule has 1 amide bonds. The van der Waals surface area contributed by atoms with Crippen molar-refractivity contribution < 1.29 is 46.6 Å². The number of nitrogens with one attached hydrogen (secondary N) is 3. The molecule has 1 fully saturated rings. The number of esters is 1. The van der Waals surface area contributed by atoms with Crippen molar-refractivity contribution in [2.75, 3.05) is 23.0 Å². The zero-order chi connectivity index (χ0) is 36.4. The standard InChI is InChI=1S/C32H38F2N5O9PS/c1-18(2)46-28(42)19(3)38-49(44,48-21-9-7-6-8-10-21)45-16-23-26(40)32(33,34)29(47-23)39-14-13-25(36-30(39)43)35-27(41)20-11-12-24-22(15-20)37-31(4,5)17-50-24/h6-15,18-19,23,26,29,37,40H,16-17H2,1-5H3,(H,38,44)(H,35,36,41,43)/t19-,23-,26-,29?,49?/m1/s1. The molecule has 0 aliphatic carbocycles. The van der Waals surface area contributed by atoms with Gasteiger partial charge in [-0.1, -0.05) is 18.2 Å². The third-order valence-corrected chi connectivity index (χ3v) is 10.6. The number of alkyl halides is 2. The van der Waals surface area contributed by atoms with Crippen molar-refractivity contribution in [1.29, 1.82) is 0 Å². The number of aromatic nitrogens is 2. The van der Waals surface area contributed by atoms with Gasteiger partial charge < -0.3 is 29.7 Å². The highest BCUT2D eigenvalue weighted by molar-refractivity contribution is 7.99. The second-order valence-corrected chi connectivity index (χ2v) is 15.4. The van der Waals surface area contributed by atoms with Crippen molar-refractivity contribution in [1.82, 2.24) is 14.6 Å². The fourth-order valence-corrected chi connectivity index (χ4v) is 7.54. The van der Waals surface area contributed by atoms with E-state index in [4.69, 9.17) is 18.5 Å². The topological polar surface area (TPSA) is 179 Å². The summed E-state index contributed by atoms with van der Waals surface area (Å²) in [6, 6.07) is 12.8. The van der Waals surface area contributed by atoms with Gasteiger partial charge in [-0.2, -0.15) is 18.9 Å². The summed E-state index contributed by atoms with van der Waals surface area (Å²) in [5.74, 6) is -4.69. The molecule has 18 heteroatoms. The lowest BCUT2D eigenvalue weighted by Crippen LogP contribution is -2.42. The molecule has 0 saturated carbocycles. The fraction of sp³-hybridized carbons (Fsp3) is 0.438. The number of anilines is 2. The van der Waals surface area contributed by atoms with Gasteiger partial charge >= 0.3 is 25.3 Å². The van der Waals surface area contributed by atoms with E-state index in [0.717, 1.165) is 28.6 Å². The number of para-hydroxylation sites is 1. The molecule has 0 bridgehead atoms. The Morgan fingerprint density at radius 2 is 1.90 bits per heavy atom. The van der Waals surface area contributed by atoms with Crippen molar-refractivity contribution in [3.05, 3.63) is 76.8 Å². The van der Waals surface area contributed by atoms with Gasteiger partial charge in [0.05, 0.1) is 12.7 Å². The van der Waals surface area contributed by atoms with E-state index < -0.39 is 68.4 Å². The second-order valence-electron chi connectivity index (χ2n) is 12.6. The SMILES string of the molecule is CC(C)OC(=O)[C@@H](C)NP(=O)(OC[C@H]1OC(n2ccc(NC(=O)c3ccc4c(c3)NC(C)(C)CS4)nc2=O)C(F)(F)[C@@H]1O)Oc1ccccc1.